The molecular formula is C29H24N2O2S. The number of para-hydroxylation sites is 2. The summed E-state index contributed by atoms with van der Waals surface area (Å²) in [5, 5.41) is 4.82. The van der Waals surface area contributed by atoms with Gasteiger partial charge in [0.15, 0.2) is 0 Å². The van der Waals surface area contributed by atoms with Crippen LogP contribution < -0.4 is 5.32 Å². The summed E-state index contributed by atoms with van der Waals surface area (Å²) in [4.78, 5) is 26.8. The highest BCUT2D eigenvalue weighted by Gasteiger charge is 2.21. The molecule has 5 aromatic rings. The highest BCUT2D eigenvalue weighted by molar-refractivity contribution is 8.00. The van der Waals surface area contributed by atoms with Crippen LogP contribution in [0.4, 0.5) is 5.69 Å². The highest BCUT2D eigenvalue weighted by Crippen LogP contribution is 2.32. The second-order valence-corrected chi connectivity index (χ2v) is 9.62. The normalized spacial score (nSPS) is 12.0. The van der Waals surface area contributed by atoms with Gasteiger partial charge < -0.3 is 5.32 Å². The van der Waals surface area contributed by atoms with Crippen molar-refractivity contribution in [3.8, 4) is 0 Å². The summed E-state index contributed by atoms with van der Waals surface area (Å²) in [7, 11) is 0. The standard InChI is InChI=1S/C29H24N2O2S/c1-20(29(33)31-26-13-7-5-11-24(26)25-12-6-8-14-27(25)31)34-23-17-15-22(16-18-23)30-28(32)19-21-9-3-2-4-10-21/h2-18,20H,19H2,1H3,(H,30,32). The zero-order valence-electron chi connectivity index (χ0n) is 18.8. The van der Waals surface area contributed by atoms with Gasteiger partial charge in [-0.05, 0) is 48.9 Å². The van der Waals surface area contributed by atoms with Crippen molar-refractivity contribution in [1.29, 1.82) is 0 Å². The van der Waals surface area contributed by atoms with E-state index in [2.05, 4.69) is 17.4 Å². The van der Waals surface area contributed by atoms with Gasteiger partial charge in [-0.15, -0.1) is 11.8 Å². The zero-order valence-corrected chi connectivity index (χ0v) is 19.6. The van der Waals surface area contributed by atoms with Crippen LogP contribution in [0.1, 0.15) is 17.3 Å². The van der Waals surface area contributed by atoms with E-state index in [4.69, 9.17) is 0 Å². The van der Waals surface area contributed by atoms with Gasteiger partial charge in [-0.3, -0.25) is 14.2 Å². The van der Waals surface area contributed by atoms with E-state index in [9.17, 15) is 9.59 Å². The number of rotatable bonds is 6. The Hall–Kier alpha value is -3.83. The first-order chi connectivity index (χ1) is 16.6. The number of amides is 1. The Balaban J connectivity index is 1.30. The van der Waals surface area contributed by atoms with Crippen LogP contribution in [0.2, 0.25) is 0 Å². The number of fused-ring (bicyclic) bond motifs is 3. The van der Waals surface area contributed by atoms with Gasteiger partial charge in [0, 0.05) is 21.4 Å². The topological polar surface area (TPSA) is 51.1 Å². The van der Waals surface area contributed by atoms with E-state index in [1.165, 1.54) is 11.8 Å². The fraction of sp³-hybridized carbons (Fsp3) is 0.103. The number of thioether (sulfide) groups is 1. The van der Waals surface area contributed by atoms with Crippen LogP contribution in [0.5, 0.6) is 0 Å². The Morgan fingerprint density at radius 2 is 1.32 bits per heavy atom. The van der Waals surface area contributed by atoms with Crippen LogP contribution in [-0.2, 0) is 11.2 Å². The molecule has 34 heavy (non-hydrogen) atoms. The highest BCUT2D eigenvalue weighted by atomic mass is 32.2. The van der Waals surface area contributed by atoms with Crippen molar-refractivity contribution < 1.29 is 9.59 Å². The Labute approximate surface area is 202 Å². The molecule has 0 saturated heterocycles. The maximum Gasteiger partial charge on any atom is 0.244 e. The van der Waals surface area contributed by atoms with Gasteiger partial charge in [-0.25, -0.2) is 0 Å². The molecule has 0 radical (unpaired) electrons. The lowest BCUT2D eigenvalue weighted by Gasteiger charge is -2.13. The van der Waals surface area contributed by atoms with E-state index < -0.39 is 0 Å². The number of anilines is 1. The number of nitrogens with one attached hydrogen (secondary N) is 1. The predicted molar refractivity (Wildman–Crippen MR) is 141 cm³/mol. The SMILES string of the molecule is CC(Sc1ccc(NC(=O)Cc2ccccc2)cc1)C(=O)n1c2ccccc2c2ccccc21. The Bertz CT molecular complexity index is 1420. The lowest BCUT2D eigenvalue weighted by Crippen LogP contribution is -2.21. The minimum atomic E-state index is -0.280. The Morgan fingerprint density at radius 3 is 1.94 bits per heavy atom. The molecule has 168 valence electrons. The number of nitrogens with zero attached hydrogens (tertiary/aromatic N) is 1. The largest absolute Gasteiger partial charge is 0.326 e. The van der Waals surface area contributed by atoms with E-state index in [-0.39, 0.29) is 17.1 Å². The van der Waals surface area contributed by atoms with E-state index >= 15 is 0 Å². The van der Waals surface area contributed by atoms with Crippen LogP contribution in [0.25, 0.3) is 21.8 Å². The lowest BCUT2D eigenvalue weighted by atomic mass is 10.1. The molecule has 0 fully saturated rings. The molecule has 1 aromatic heterocycles. The fourth-order valence-corrected chi connectivity index (χ4v) is 5.11. The van der Waals surface area contributed by atoms with E-state index in [0.717, 1.165) is 38.0 Å². The molecule has 1 unspecified atom stereocenters. The quantitative estimate of drug-likeness (QED) is 0.281. The first kappa shape index (κ1) is 22.0. The van der Waals surface area contributed by atoms with Crippen LogP contribution in [0.15, 0.2) is 108 Å². The molecule has 0 aliphatic rings. The van der Waals surface area contributed by atoms with E-state index in [1.807, 2.05) is 102 Å². The van der Waals surface area contributed by atoms with Gasteiger partial charge in [-0.2, -0.15) is 0 Å². The van der Waals surface area contributed by atoms with Crippen LogP contribution in [0.3, 0.4) is 0 Å². The molecule has 0 bridgehead atoms. The maximum absolute atomic E-state index is 13.5. The second-order valence-electron chi connectivity index (χ2n) is 8.20. The Morgan fingerprint density at radius 1 is 0.765 bits per heavy atom. The summed E-state index contributed by atoms with van der Waals surface area (Å²) < 4.78 is 1.83. The third-order valence-corrected chi connectivity index (χ3v) is 6.91. The predicted octanol–water partition coefficient (Wildman–Crippen LogP) is 6.80. The average Bonchev–Trinajstić information content (AvgIpc) is 3.20. The maximum atomic E-state index is 13.5. The van der Waals surface area contributed by atoms with Crippen LogP contribution in [-0.4, -0.2) is 21.6 Å². The molecule has 1 atom stereocenters. The smallest absolute Gasteiger partial charge is 0.244 e. The number of hydrogen-bond acceptors (Lipinski definition) is 3. The van der Waals surface area contributed by atoms with Crippen molar-refractivity contribution in [2.45, 2.75) is 23.5 Å². The minimum Gasteiger partial charge on any atom is -0.326 e. The van der Waals surface area contributed by atoms with Crippen molar-refractivity contribution in [2.75, 3.05) is 5.32 Å². The number of hydrogen-bond donors (Lipinski definition) is 1. The minimum absolute atomic E-state index is 0.0441. The summed E-state index contributed by atoms with van der Waals surface area (Å²) in [5.74, 6) is -0.0100. The van der Waals surface area contributed by atoms with Crippen molar-refractivity contribution in [1.82, 2.24) is 4.57 Å². The molecule has 1 N–H and O–H groups in total. The molecule has 0 saturated carbocycles. The zero-order chi connectivity index (χ0) is 23.5. The molecule has 0 spiro atoms. The molecule has 4 nitrogen and oxygen atoms in total. The van der Waals surface area contributed by atoms with Crippen molar-refractivity contribution >= 4 is 51.1 Å². The van der Waals surface area contributed by atoms with Gasteiger partial charge in [0.25, 0.3) is 0 Å². The number of carbonyl (C=O) groups excluding carboxylic acids is 2. The van der Waals surface area contributed by atoms with Crippen LogP contribution >= 0.6 is 11.8 Å². The number of benzene rings is 4. The summed E-state index contributed by atoms with van der Waals surface area (Å²) in [6.07, 6.45) is 0.335. The lowest BCUT2D eigenvalue weighted by molar-refractivity contribution is -0.115. The first-order valence-corrected chi connectivity index (χ1v) is 12.1. The van der Waals surface area contributed by atoms with Gasteiger partial charge in [0.2, 0.25) is 11.8 Å². The summed E-state index contributed by atoms with van der Waals surface area (Å²) in [6, 6.07) is 33.4. The molecule has 0 aliphatic heterocycles. The van der Waals surface area contributed by atoms with Gasteiger partial charge in [0.05, 0.1) is 22.7 Å². The third-order valence-electron chi connectivity index (χ3n) is 5.81. The summed E-state index contributed by atoms with van der Waals surface area (Å²) in [6.45, 7) is 1.94. The fourth-order valence-electron chi connectivity index (χ4n) is 4.20. The Kier molecular flexibility index (Phi) is 6.19. The summed E-state index contributed by atoms with van der Waals surface area (Å²) >= 11 is 1.51. The van der Waals surface area contributed by atoms with Gasteiger partial charge in [-0.1, -0.05) is 66.7 Å². The molecule has 5 rings (SSSR count). The molecule has 1 amide bonds. The number of aromatic nitrogens is 1. The average molecular weight is 465 g/mol. The number of carbonyl (C=O) groups is 2. The second kappa shape index (κ2) is 9.57. The molecule has 1 heterocycles. The molecular weight excluding hydrogens is 440 g/mol. The van der Waals surface area contributed by atoms with Crippen molar-refractivity contribution in [3.05, 3.63) is 109 Å². The first-order valence-electron chi connectivity index (χ1n) is 11.2. The summed E-state index contributed by atoms with van der Waals surface area (Å²) in [5.41, 5.74) is 3.58. The van der Waals surface area contributed by atoms with Gasteiger partial charge in [0.1, 0.15) is 0 Å². The monoisotopic (exact) mass is 464 g/mol. The van der Waals surface area contributed by atoms with Gasteiger partial charge >= 0.3 is 0 Å². The molecule has 4 aromatic carbocycles. The van der Waals surface area contributed by atoms with E-state index in [0.29, 0.717) is 6.42 Å². The third kappa shape index (κ3) is 4.47. The molecule has 5 heteroatoms. The van der Waals surface area contributed by atoms with Crippen LogP contribution in [0, 0.1) is 0 Å². The van der Waals surface area contributed by atoms with Crippen molar-refractivity contribution in [3.63, 3.8) is 0 Å². The van der Waals surface area contributed by atoms with E-state index in [1.54, 1.807) is 0 Å². The molecule has 0 aliphatic carbocycles. The van der Waals surface area contributed by atoms with Crippen molar-refractivity contribution in [2.24, 2.45) is 0 Å².